The fourth-order valence-corrected chi connectivity index (χ4v) is 6.60. The van der Waals surface area contributed by atoms with Crippen LogP contribution in [0.2, 0.25) is 0 Å². The molecule has 0 rings (SSSR count). The summed E-state index contributed by atoms with van der Waals surface area (Å²) in [4.78, 5) is 37.9. The molecule has 352 valence electrons. The van der Waals surface area contributed by atoms with E-state index in [-0.39, 0.29) is 31.1 Å². The van der Waals surface area contributed by atoms with Crippen molar-refractivity contribution >= 4 is 17.9 Å². The number of esters is 3. The van der Waals surface area contributed by atoms with Crippen LogP contribution >= 0.6 is 0 Å². The largest absolute Gasteiger partial charge is 0.462 e. The van der Waals surface area contributed by atoms with Gasteiger partial charge in [0.15, 0.2) is 6.10 Å². The SMILES string of the molecule is CC/C=C\C/C=C\C/C=C\C/C=C\C/C=C\CCCCCC(=O)OC[C@@H](COC(=O)CCCCCCCCCCCC)OC(=O)CCCCCCC/C=C\C/C=C\C/C=C\CC. The maximum absolute atomic E-state index is 12.8. The first-order valence-electron chi connectivity index (χ1n) is 25.2. The van der Waals surface area contributed by atoms with Gasteiger partial charge in [-0.05, 0) is 96.3 Å². The van der Waals surface area contributed by atoms with E-state index in [4.69, 9.17) is 14.2 Å². The number of unbranched alkanes of at least 4 members (excludes halogenated alkanes) is 17. The standard InChI is InChI=1S/C56H92O6/c1-4-7-10-13-16-19-22-24-26-27-28-29-31-32-34-37-40-43-46-49-55(58)61-52-53(51-60-54(57)48-45-42-39-36-21-18-15-12-9-6-3)62-56(59)50-47-44-41-38-35-33-30-25-23-20-17-14-11-8-5-2/h7-8,10-11,16-17,19-20,24-26,28-30,32,34,53H,4-6,9,12-15,18,21-23,27,31,33,35-52H2,1-3H3/b10-7-,11-8-,19-16-,20-17-,26-24-,29-28-,30-25-,34-32-/t53-/m1/s1. The van der Waals surface area contributed by atoms with Crippen LogP contribution in [-0.2, 0) is 28.6 Å². The summed E-state index contributed by atoms with van der Waals surface area (Å²) in [5.41, 5.74) is 0. The second-order valence-corrected chi connectivity index (χ2v) is 16.3. The molecule has 0 aliphatic rings. The Balaban J connectivity index is 4.45. The molecule has 0 saturated carbocycles. The van der Waals surface area contributed by atoms with Crippen LogP contribution in [0, 0.1) is 0 Å². The second kappa shape index (κ2) is 50.0. The van der Waals surface area contributed by atoms with Crippen molar-refractivity contribution in [2.75, 3.05) is 13.2 Å². The fraction of sp³-hybridized carbons (Fsp3) is 0.661. The van der Waals surface area contributed by atoms with Crippen molar-refractivity contribution in [1.29, 1.82) is 0 Å². The highest BCUT2D eigenvalue weighted by molar-refractivity contribution is 5.71. The Morgan fingerprint density at radius 1 is 0.339 bits per heavy atom. The zero-order valence-corrected chi connectivity index (χ0v) is 40.1. The van der Waals surface area contributed by atoms with Crippen molar-refractivity contribution in [2.45, 2.75) is 226 Å². The highest BCUT2D eigenvalue weighted by Gasteiger charge is 2.19. The Kier molecular flexibility index (Phi) is 47.0. The fourth-order valence-electron chi connectivity index (χ4n) is 6.60. The number of carbonyl (C=O) groups is 3. The molecule has 0 unspecified atom stereocenters. The molecule has 0 aromatic rings. The van der Waals surface area contributed by atoms with E-state index in [9.17, 15) is 14.4 Å². The number of ether oxygens (including phenoxy) is 3. The highest BCUT2D eigenvalue weighted by atomic mass is 16.6. The van der Waals surface area contributed by atoms with Crippen molar-refractivity contribution in [1.82, 2.24) is 0 Å². The predicted octanol–water partition coefficient (Wildman–Crippen LogP) is 16.6. The number of rotatable bonds is 44. The average Bonchev–Trinajstić information content (AvgIpc) is 3.27. The quantitative estimate of drug-likeness (QED) is 0.0263. The van der Waals surface area contributed by atoms with Gasteiger partial charge in [0.25, 0.3) is 0 Å². The van der Waals surface area contributed by atoms with Crippen molar-refractivity contribution in [2.24, 2.45) is 0 Å². The van der Waals surface area contributed by atoms with Crippen molar-refractivity contribution in [3.63, 3.8) is 0 Å². The Hall–Kier alpha value is -3.67. The maximum atomic E-state index is 12.8. The summed E-state index contributed by atoms with van der Waals surface area (Å²) in [5, 5.41) is 0. The molecule has 0 aliphatic heterocycles. The molecule has 0 aliphatic carbocycles. The molecule has 0 spiro atoms. The summed E-state index contributed by atoms with van der Waals surface area (Å²) >= 11 is 0. The Morgan fingerprint density at radius 2 is 0.629 bits per heavy atom. The molecular formula is C56H92O6. The second-order valence-electron chi connectivity index (χ2n) is 16.3. The van der Waals surface area contributed by atoms with Crippen LogP contribution in [0.5, 0.6) is 0 Å². The molecule has 0 saturated heterocycles. The lowest BCUT2D eigenvalue weighted by Crippen LogP contribution is -2.30. The van der Waals surface area contributed by atoms with Gasteiger partial charge in [0.2, 0.25) is 0 Å². The molecule has 0 aromatic carbocycles. The summed E-state index contributed by atoms with van der Waals surface area (Å²) in [6.45, 7) is 6.34. The van der Waals surface area contributed by atoms with Crippen LogP contribution in [0.4, 0.5) is 0 Å². The third-order valence-electron chi connectivity index (χ3n) is 10.3. The molecule has 0 N–H and O–H groups in total. The monoisotopic (exact) mass is 861 g/mol. The van der Waals surface area contributed by atoms with E-state index in [2.05, 4.69) is 118 Å². The van der Waals surface area contributed by atoms with Crippen LogP contribution < -0.4 is 0 Å². The Morgan fingerprint density at radius 3 is 1.00 bits per heavy atom. The molecule has 6 nitrogen and oxygen atoms in total. The lowest BCUT2D eigenvalue weighted by atomic mass is 10.1. The average molecular weight is 861 g/mol. The summed E-state index contributed by atoms with van der Waals surface area (Å²) in [7, 11) is 0. The molecule has 0 radical (unpaired) electrons. The van der Waals surface area contributed by atoms with E-state index in [0.29, 0.717) is 19.3 Å². The lowest BCUT2D eigenvalue weighted by Gasteiger charge is -2.18. The van der Waals surface area contributed by atoms with Crippen LogP contribution in [0.15, 0.2) is 97.2 Å². The van der Waals surface area contributed by atoms with Crippen molar-refractivity contribution in [3.8, 4) is 0 Å². The van der Waals surface area contributed by atoms with Gasteiger partial charge in [-0.2, -0.15) is 0 Å². The summed E-state index contributed by atoms with van der Waals surface area (Å²) in [6, 6.07) is 0. The molecule has 0 aromatic heterocycles. The smallest absolute Gasteiger partial charge is 0.306 e. The molecule has 6 heteroatoms. The molecule has 0 bridgehead atoms. The summed E-state index contributed by atoms with van der Waals surface area (Å²) in [6.07, 6.45) is 65.3. The van der Waals surface area contributed by atoms with Gasteiger partial charge in [-0.1, -0.05) is 201 Å². The number of hydrogen-bond donors (Lipinski definition) is 0. The van der Waals surface area contributed by atoms with Crippen LogP contribution in [0.25, 0.3) is 0 Å². The van der Waals surface area contributed by atoms with Gasteiger partial charge in [0.1, 0.15) is 13.2 Å². The zero-order valence-electron chi connectivity index (χ0n) is 40.1. The van der Waals surface area contributed by atoms with E-state index in [0.717, 1.165) is 135 Å². The third kappa shape index (κ3) is 47.4. The van der Waals surface area contributed by atoms with E-state index in [1.54, 1.807) is 0 Å². The van der Waals surface area contributed by atoms with Gasteiger partial charge in [0.05, 0.1) is 0 Å². The minimum absolute atomic E-state index is 0.0952. The van der Waals surface area contributed by atoms with Gasteiger partial charge < -0.3 is 14.2 Å². The molecule has 0 heterocycles. The van der Waals surface area contributed by atoms with Gasteiger partial charge in [-0.15, -0.1) is 0 Å². The molecule has 0 fully saturated rings. The third-order valence-corrected chi connectivity index (χ3v) is 10.3. The first-order valence-corrected chi connectivity index (χ1v) is 25.2. The number of hydrogen-bond acceptors (Lipinski definition) is 6. The normalized spacial score (nSPS) is 12.9. The van der Waals surface area contributed by atoms with E-state index in [1.165, 1.54) is 44.9 Å². The minimum atomic E-state index is -0.798. The topological polar surface area (TPSA) is 78.9 Å². The molecule has 1 atom stereocenters. The minimum Gasteiger partial charge on any atom is -0.462 e. The van der Waals surface area contributed by atoms with Gasteiger partial charge >= 0.3 is 17.9 Å². The van der Waals surface area contributed by atoms with Crippen LogP contribution in [0.3, 0.4) is 0 Å². The Labute approximate surface area is 381 Å². The van der Waals surface area contributed by atoms with Gasteiger partial charge in [-0.3, -0.25) is 14.4 Å². The lowest BCUT2D eigenvalue weighted by molar-refractivity contribution is -0.167. The first kappa shape index (κ1) is 58.3. The molecular weight excluding hydrogens is 769 g/mol. The zero-order chi connectivity index (χ0) is 45.1. The number of carbonyl (C=O) groups excluding carboxylic acids is 3. The van der Waals surface area contributed by atoms with Crippen LogP contribution in [0.1, 0.15) is 220 Å². The van der Waals surface area contributed by atoms with E-state index in [1.807, 2.05) is 0 Å². The first-order chi connectivity index (χ1) is 30.5. The van der Waals surface area contributed by atoms with E-state index < -0.39 is 6.10 Å². The van der Waals surface area contributed by atoms with Crippen molar-refractivity contribution in [3.05, 3.63) is 97.2 Å². The molecule has 62 heavy (non-hydrogen) atoms. The highest BCUT2D eigenvalue weighted by Crippen LogP contribution is 2.13. The summed E-state index contributed by atoms with van der Waals surface area (Å²) < 4.78 is 16.7. The van der Waals surface area contributed by atoms with Crippen LogP contribution in [-0.4, -0.2) is 37.2 Å². The molecule has 0 amide bonds. The van der Waals surface area contributed by atoms with E-state index >= 15 is 0 Å². The van der Waals surface area contributed by atoms with Gasteiger partial charge in [-0.25, -0.2) is 0 Å². The maximum Gasteiger partial charge on any atom is 0.306 e. The summed E-state index contributed by atoms with van der Waals surface area (Å²) in [5.74, 6) is -0.952. The number of allylic oxidation sites excluding steroid dienone is 16. The Bertz CT molecular complexity index is 1260. The van der Waals surface area contributed by atoms with Crippen molar-refractivity contribution < 1.29 is 28.6 Å². The van der Waals surface area contributed by atoms with Gasteiger partial charge in [0, 0.05) is 19.3 Å². The predicted molar refractivity (Wildman–Crippen MR) is 265 cm³/mol.